The summed E-state index contributed by atoms with van der Waals surface area (Å²) in [4.78, 5) is 48.3. The summed E-state index contributed by atoms with van der Waals surface area (Å²) in [5.41, 5.74) is 0.570. The highest BCUT2D eigenvalue weighted by Gasteiger charge is 2.16. The van der Waals surface area contributed by atoms with E-state index in [0.29, 0.717) is 11.3 Å². The Kier molecular flexibility index (Phi) is 9.33. The molecule has 0 aromatic heterocycles. The number of carbonyl (C=O) groups is 4. The summed E-state index contributed by atoms with van der Waals surface area (Å²) in [7, 11) is 0. The molecular formula is C22H22N2O5S. The van der Waals surface area contributed by atoms with Crippen molar-refractivity contribution >= 4 is 41.5 Å². The van der Waals surface area contributed by atoms with Gasteiger partial charge < -0.3 is 10.1 Å². The van der Waals surface area contributed by atoms with Crippen molar-refractivity contribution in [3.8, 4) is 0 Å². The summed E-state index contributed by atoms with van der Waals surface area (Å²) in [5.74, 6) is -2.02. The van der Waals surface area contributed by atoms with Gasteiger partial charge in [-0.25, -0.2) is 4.79 Å². The zero-order chi connectivity index (χ0) is 21.8. The Hall–Kier alpha value is -3.39. The van der Waals surface area contributed by atoms with E-state index in [1.807, 2.05) is 36.4 Å². The van der Waals surface area contributed by atoms with Gasteiger partial charge in [0.25, 0.3) is 5.91 Å². The molecule has 7 nitrogen and oxygen atoms in total. The molecule has 2 N–H and O–H groups in total. The zero-order valence-electron chi connectivity index (χ0n) is 16.4. The average Bonchev–Trinajstić information content (AvgIpc) is 2.72. The molecule has 30 heavy (non-hydrogen) atoms. The maximum Gasteiger partial charge on any atom is 0.355 e. The lowest BCUT2D eigenvalue weighted by Gasteiger charge is -2.09. The lowest BCUT2D eigenvalue weighted by atomic mass is 10.2. The SMILES string of the molecule is CC(=O)NC(=Cc1ccccc1)C(=O)OCC(=O)NC(=O)CCSc1ccccc1. The highest BCUT2D eigenvalue weighted by molar-refractivity contribution is 7.99. The number of nitrogens with one attached hydrogen (secondary N) is 2. The Labute approximate surface area is 178 Å². The van der Waals surface area contributed by atoms with E-state index in [1.165, 1.54) is 24.8 Å². The Morgan fingerprint density at radius 1 is 0.900 bits per heavy atom. The normalized spacial score (nSPS) is 10.8. The quantitative estimate of drug-likeness (QED) is 0.363. The smallest absolute Gasteiger partial charge is 0.355 e. The lowest BCUT2D eigenvalue weighted by Crippen LogP contribution is -2.35. The molecule has 0 fully saturated rings. The molecule has 3 amide bonds. The molecule has 2 aromatic carbocycles. The minimum Gasteiger partial charge on any atom is -0.451 e. The molecule has 0 heterocycles. The first kappa shape index (κ1) is 22.9. The topological polar surface area (TPSA) is 102 Å². The number of benzene rings is 2. The largest absolute Gasteiger partial charge is 0.451 e. The van der Waals surface area contributed by atoms with Crippen LogP contribution in [0.4, 0.5) is 0 Å². The van der Waals surface area contributed by atoms with Crippen molar-refractivity contribution in [1.29, 1.82) is 0 Å². The molecule has 0 aliphatic rings. The van der Waals surface area contributed by atoms with E-state index in [0.717, 1.165) is 4.90 Å². The van der Waals surface area contributed by atoms with Crippen LogP contribution in [-0.4, -0.2) is 36.1 Å². The van der Waals surface area contributed by atoms with Crippen molar-refractivity contribution in [1.82, 2.24) is 10.6 Å². The monoisotopic (exact) mass is 426 g/mol. The van der Waals surface area contributed by atoms with E-state index < -0.39 is 30.3 Å². The van der Waals surface area contributed by atoms with Gasteiger partial charge in [-0.1, -0.05) is 48.5 Å². The molecule has 156 valence electrons. The number of rotatable bonds is 9. The molecule has 0 atom stereocenters. The van der Waals surface area contributed by atoms with E-state index in [-0.39, 0.29) is 12.1 Å². The fraction of sp³-hybridized carbons (Fsp3) is 0.182. The summed E-state index contributed by atoms with van der Waals surface area (Å²) >= 11 is 1.50. The highest BCUT2D eigenvalue weighted by Crippen LogP contribution is 2.17. The van der Waals surface area contributed by atoms with Gasteiger partial charge in [-0.15, -0.1) is 11.8 Å². The molecule has 0 bridgehead atoms. The predicted octanol–water partition coefficient (Wildman–Crippen LogP) is 2.53. The first-order chi connectivity index (χ1) is 14.4. The lowest BCUT2D eigenvalue weighted by molar-refractivity contribution is -0.146. The molecule has 0 saturated heterocycles. The highest BCUT2D eigenvalue weighted by atomic mass is 32.2. The van der Waals surface area contributed by atoms with Crippen LogP contribution in [0.15, 0.2) is 71.3 Å². The molecule has 0 aliphatic carbocycles. The van der Waals surface area contributed by atoms with Crippen LogP contribution in [0.3, 0.4) is 0 Å². The number of ether oxygens (including phenoxy) is 1. The molecule has 0 radical (unpaired) electrons. The first-order valence-electron chi connectivity index (χ1n) is 9.16. The standard InChI is InChI=1S/C22H22N2O5S/c1-16(25)23-19(14-17-8-4-2-5-9-17)22(28)29-15-21(27)24-20(26)12-13-30-18-10-6-3-7-11-18/h2-11,14H,12-13,15H2,1H3,(H,23,25)(H,24,26,27). The number of thioether (sulfide) groups is 1. The van der Waals surface area contributed by atoms with Crippen LogP contribution in [-0.2, 0) is 23.9 Å². The van der Waals surface area contributed by atoms with E-state index in [9.17, 15) is 19.2 Å². The van der Waals surface area contributed by atoms with Gasteiger partial charge in [0.15, 0.2) is 6.61 Å². The fourth-order valence-corrected chi connectivity index (χ4v) is 3.17. The summed E-state index contributed by atoms with van der Waals surface area (Å²) in [6.45, 7) is 0.618. The van der Waals surface area contributed by atoms with E-state index in [2.05, 4.69) is 10.6 Å². The maximum absolute atomic E-state index is 12.2. The van der Waals surface area contributed by atoms with Gasteiger partial charge >= 0.3 is 5.97 Å². The van der Waals surface area contributed by atoms with Crippen LogP contribution in [0.2, 0.25) is 0 Å². The van der Waals surface area contributed by atoms with Crippen LogP contribution < -0.4 is 10.6 Å². The van der Waals surface area contributed by atoms with Crippen LogP contribution in [0.25, 0.3) is 6.08 Å². The van der Waals surface area contributed by atoms with Crippen LogP contribution in [0.5, 0.6) is 0 Å². The van der Waals surface area contributed by atoms with E-state index in [4.69, 9.17) is 4.74 Å². The Balaban J connectivity index is 1.79. The summed E-state index contributed by atoms with van der Waals surface area (Å²) in [6, 6.07) is 18.4. The van der Waals surface area contributed by atoms with Crippen molar-refractivity contribution in [2.24, 2.45) is 0 Å². The van der Waals surface area contributed by atoms with Gasteiger partial charge in [0.2, 0.25) is 11.8 Å². The second kappa shape index (κ2) is 12.2. The van der Waals surface area contributed by atoms with Crippen LogP contribution >= 0.6 is 11.8 Å². The van der Waals surface area contributed by atoms with Crippen molar-refractivity contribution < 1.29 is 23.9 Å². The Bertz CT molecular complexity index is 914. The van der Waals surface area contributed by atoms with Crippen molar-refractivity contribution in [3.63, 3.8) is 0 Å². The number of carbonyl (C=O) groups excluding carboxylic acids is 4. The van der Waals surface area contributed by atoms with Gasteiger partial charge in [-0.2, -0.15) is 0 Å². The van der Waals surface area contributed by atoms with Gasteiger partial charge in [-0.3, -0.25) is 19.7 Å². The number of hydrogen-bond acceptors (Lipinski definition) is 6. The third-order valence-corrected chi connectivity index (χ3v) is 4.61. The number of hydrogen-bond donors (Lipinski definition) is 2. The van der Waals surface area contributed by atoms with Gasteiger partial charge in [-0.05, 0) is 23.8 Å². The predicted molar refractivity (Wildman–Crippen MR) is 114 cm³/mol. The second-order valence-corrected chi connectivity index (χ2v) is 7.28. The third kappa shape index (κ3) is 8.74. The number of esters is 1. The fourth-order valence-electron chi connectivity index (χ4n) is 2.29. The molecule has 2 aromatic rings. The summed E-state index contributed by atoms with van der Waals surface area (Å²) in [5, 5.41) is 4.56. The molecular weight excluding hydrogens is 404 g/mol. The van der Waals surface area contributed by atoms with Crippen molar-refractivity contribution in [2.75, 3.05) is 12.4 Å². The molecule has 2 rings (SSSR count). The maximum atomic E-state index is 12.2. The zero-order valence-corrected chi connectivity index (χ0v) is 17.2. The van der Waals surface area contributed by atoms with Crippen molar-refractivity contribution in [2.45, 2.75) is 18.2 Å². The minimum absolute atomic E-state index is 0.105. The van der Waals surface area contributed by atoms with Gasteiger partial charge in [0.1, 0.15) is 5.70 Å². The second-order valence-electron chi connectivity index (χ2n) is 6.11. The molecule has 0 aliphatic heterocycles. The first-order valence-corrected chi connectivity index (χ1v) is 10.1. The summed E-state index contributed by atoms with van der Waals surface area (Å²) in [6.07, 6.45) is 1.58. The summed E-state index contributed by atoms with van der Waals surface area (Å²) < 4.78 is 4.92. The van der Waals surface area contributed by atoms with E-state index >= 15 is 0 Å². The molecule has 0 unspecified atom stereocenters. The van der Waals surface area contributed by atoms with E-state index in [1.54, 1.807) is 24.3 Å². The van der Waals surface area contributed by atoms with Crippen molar-refractivity contribution in [3.05, 3.63) is 71.9 Å². The molecule has 0 saturated carbocycles. The molecule has 8 heteroatoms. The Morgan fingerprint density at radius 2 is 1.53 bits per heavy atom. The minimum atomic E-state index is -0.878. The van der Waals surface area contributed by atoms with Crippen LogP contribution in [0, 0.1) is 0 Å². The Morgan fingerprint density at radius 3 is 2.17 bits per heavy atom. The van der Waals surface area contributed by atoms with Gasteiger partial charge in [0.05, 0.1) is 0 Å². The van der Waals surface area contributed by atoms with Crippen LogP contribution in [0.1, 0.15) is 18.9 Å². The number of amides is 3. The van der Waals surface area contributed by atoms with Gasteiger partial charge in [0, 0.05) is 24.0 Å². The third-order valence-electron chi connectivity index (χ3n) is 3.60. The molecule has 0 spiro atoms. The number of imide groups is 1. The average molecular weight is 426 g/mol.